The number of nitrogens with zero attached hydrogens (tertiary/aromatic N) is 4. The van der Waals surface area contributed by atoms with Crippen LogP contribution in [0.25, 0.3) is 11.4 Å². The summed E-state index contributed by atoms with van der Waals surface area (Å²) in [7, 11) is 1.80. The van der Waals surface area contributed by atoms with Gasteiger partial charge in [0, 0.05) is 30.3 Å². The highest BCUT2D eigenvalue weighted by atomic mass is 35.5. The van der Waals surface area contributed by atoms with Gasteiger partial charge in [-0.3, -0.25) is 10.1 Å². The molecule has 1 aromatic heterocycles. The number of hydrogen-bond acceptors (Lipinski definition) is 5. The Morgan fingerprint density at radius 3 is 2.86 bits per heavy atom. The first-order valence-electron chi connectivity index (χ1n) is 6.07. The van der Waals surface area contributed by atoms with Crippen LogP contribution in [0.4, 0.5) is 5.69 Å². The first-order valence-corrected chi connectivity index (χ1v) is 7.97. The molecule has 9 heteroatoms. The molecule has 6 nitrogen and oxygen atoms in total. The fourth-order valence-electron chi connectivity index (χ4n) is 1.73. The van der Waals surface area contributed by atoms with Crippen LogP contribution in [0.15, 0.2) is 23.4 Å². The molecular weight excluding hydrogens is 335 g/mol. The minimum Gasteiger partial charge on any atom is -0.305 e. The molecule has 0 aliphatic rings. The zero-order valence-electron chi connectivity index (χ0n) is 11.1. The molecule has 2 rings (SSSR count). The van der Waals surface area contributed by atoms with Gasteiger partial charge in [0.15, 0.2) is 11.0 Å². The second-order valence-corrected chi connectivity index (χ2v) is 5.97. The summed E-state index contributed by atoms with van der Waals surface area (Å²) in [5.74, 6) is 1.92. The lowest BCUT2D eigenvalue weighted by Gasteiger charge is -2.05. The van der Waals surface area contributed by atoms with Crippen molar-refractivity contribution in [3.63, 3.8) is 0 Å². The van der Waals surface area contributed by atoms with Crippen LogP contribution in [0.1, 0.15) is 6.42 Å². The molecule has 0 radical (unpaired) electrons. The van der Waals surface area contributed by atoms with E-state index in [1.165, 1.54) is 17.8 Å². The molecule has 0 atom stereocenters. The summed E-state index contributed by atoms with van der Waals surface area (Å²) >= 11 is 13.3. The van der Waals surface area contributed by atoms with Crippen LogP contribution in [0.5, 0.6) is 0 Å². The number of rotatable bonds is 6. The molecule has 0 N–H and O–H groups in total. The Morgan fingerprint density at radius 2 is 2.19 bits per heavy atom. The standard InChI is InChI=1S/C12H12Cl2N4O2S/c1-17-11(15-16-12(17)21-7-3-6-13)8-4-2-5-9(10(8)14)18(19)20/h2,4-5H,3,6-7H2,1H3. The average Bonchev–Trinajstić information content (AvgIpc) is 2.81. The molecular formula is C12H12Cl2N4O2S. The summed E-state index contributed by atoms with van der Waals surface area (Å²) in [5, 5.41) is 19.9. The zero-order chi connectivity index (χ0) is 15.4. The third kappa shape index (κ3) is 3.48. The van der Waals surface area contributed by atoms with E-state index in [2.05, 4.69) is 10.2 Å². The van der Waals surface area contributed by atoms with Crippen molar-refractivity contribution in [3.05, 3.63) is 33.3 Å². The Morgan fingerprint density at radius 1 is 1.43 bits per heavy atom. The van der Waals surface area contributed by atoms with E-state index in [1.807, 2.05) is 0 Å². The summed E-state index contributed by atoms with van der Waals surface area (Å²) in [5.41, 5.74) is 0.346. The summed E-state index contributed by atoms with van der Waals surface area (Å²) in [6.07, 6.45) is 0.867. The first-order chi connectivity index (χ1) is 10.1. The number of halogens is 2. The highest BCUT2D eigenvalue weighted by Gasteiger charge is 2.20. The highest BCUT2D eigenvalue weighted by molar-refractivity contribution is 7.99. The summed E-state index contributed by atoms with van der Waals surface area (Å²) in [4.78, 5) is 10.4. The monoisotopic (exact) mass is 346 g/mol. The molecule has 1 heterocycles. The van der Waals surface area contributed by atoms with E-state index in [0.29, 0.717) is 17.3 Å². The van der Waals surface area contributed by atoms with E-state index >= 15 is 0 Å². The molecule has 0 aliphatic heterocycles. The Hall–Kier alpha value is -1.31. The van der Waals surface area contributed by atoms with E-state index in [4.69, 9.17) is 23.2 Å². The minimum absolute atomic E-state index is 0.0651. The van der Waals surface area contributed by atoms with Gasteiger partial charge in [-0.15, -0.1) is 21.8 Å². The molecule has 0 amide bonds. The minimum atomic E-state index is -0.516. The van der Waals surface area contributed by atoms with Gasteiger partial charge >= 0.3 is 0 Å². The van der Waals surface area contributed by atoms with Gasteiger partial charge < -0.3 is 4.57 Å². The molecule has 0 saturated carbocycles. The molecule has 21 heavy (non-hydrogen) atoms. The van der Waals surface area contributed by atoms with Crippen molar-refractivity contribution in [1.82, 2.24) is 14.8 Å². The largest absolute Gasteiger partial charge is 0.305 e. The van der Waals surface area contributed by atoms with Gasteiger partial charge in [0.05, 0.1) is 4.92 Å². The molecule has 112 valence electrons. The fourth-order valence-corrected chi connectivity index (χ4v) is 3.15. The van der Waals surface area contributed by atoms with Crippen molar-refractivity contribution in [2.24, 2.45) is 7.05 Å². The summed E-state index contributed by atoms with van der Waals surface area (Å²) in [6.45, 7) is 0. The van der Waals surface area contributed by atoms with Gasteiger partial charge in [0.1, 0.15) is 5.02 Å². The van der Waals surface area contributed by atoms with E-state index in [9.17, 15) is 10.1 Å². The number of aromatic nitrogens is 3. The van der Waals surface area contributed by atoms with Crippen molar-refractivity contribution < 1.29 is 4.92 Å². The number of nitro benzene ring substituents is 1. The van der Waals surface area contributed by atoms with Gasteiger partial charge in [-0.05, 0) is 12.5 Å². The summed E-state index contributed by atoms with van der Waals surface area (Å²) in [6, 6.07) is 4.62. The molecule has 0 unspecified atom stereocenters. The van der Waals surface area contributed by atoms with Gasteiger partial charge in [-0.1, -0.05) is 29.4 Å². The molecule has 0 aliphatic carbocycles. The SMILES string of the molecule is Cn1c(SCCCCl)nnc1-c1cccc([N+](=O)[O-])c1Cl. The Kier molecular flexibility index (Phi) is 5.44. The molecule has 0 bridgehead atoms. The maximum atomic E-state index is 10.9. The van der Waals surface area contributed by atoms with Crippen LogP contribution in [0, 0.1) is 10.1 Å². The van der Waals surface area contributed by atoms with E-state index in [-0.39, 0.29) is 10.7 Å². The molecule has 0 saturated heterocycles. The van der Waals surface area contributed by atoms with Crippen LogP contribution >= 0.6 is 35.0 Å². The van der Waals surface area contributed by atoms with E-state index < -0.39 is 4.92 Å². The maximum absolute atomic E-state index is 10.9. The number of benzene rings is 1. The van der Waals surface area contributed by atoms with Crippen molar-refractivity contribution in [2.45, 2.75) is 11.6 Å². The van der Waals surface area contributed by atoms with Gasteiger partial charge in [0.25, 0.3) is 5.69 Å². The van der Waals surface area contributed by atoms with Gasteiger partial charge in [0.2, 0.25) is 0 Å². The Bertz CT molecular complexity index is 663. The van der Waals surface area contributed by atoms with Crippen LogP contribution in [0.3, 0.4) is 0 Å². The molecule has 0 fully saturated rings. The molecule has 2 aromatic rings. The van der Waals surface area contributed by atoms with Crippen molar-refractivity contribution >= 4 is 40.7 Å². The van der Waals surface area contributed by atoms with Crippen molar-refractivity contribution in [2.75, 3.05) is 11.6 Å². The lowest BCUT2D eigenvalue weighted by Crippen LogP contribution is -1.97. The second-order valence-electron chi connectivity index (χ2n) is 4.15. The van der Waals surface area contributed by atoms with Crippen LogP contribution in [-0.4, -0.2) is 31.3 Å². The third-order valence-electron chi connectivity index (χ3n) is 2.76. The number of nitro groups is 1. The maximum Gasteiger partial charge on any atom is 0.288 e. The molecule has 0 spiro atoms. The van der Waals surface area contributed by atoms with E-state index in [1.54, 1.807) is 23.7 Å². The van der Waals surface area contributed by atoms with E-state index in [0.717, 1.165) is 17.3 Å². The zero-order valence-corrected chi connectivity index (χ0v) is 13.5. The fraction of sp³-hybridized carbons (Fsp3) is 0.333. The highest BCUT2D eigenvalue weighted by Crippen LogP contribution is 2.34. The lowest BCUT2D eigenvalue weighted by molar-refractivity contribution is -0.384. The van der Waals surface area contributed by atoms with Gasteiger partial charge in [-0.25, -0.2) is 0 Å². The Balaban J connectivity index is 2.35. The predicted octanol–water partition coefficient (Wildman–Crippen LogP) is 3.76. The number of hydrogen-bond donors (Lipinski definition) is 0. The topological polar surface area (TPSA) is 73.8 Å². The number of thioether (sulfide) groups is 1. The van der Waals surface area contributed by atoms with Crippen LogP contribution in [-0.2, 0) is 7.05 Å². The van der Waals surface area contributed by atoms with Crippen LogP contribution in [0.2, 0.25) is 5.02 Å². The van der Waals surface area contributed by atoms with Crippen LogP contribution < -0.4 is 0 Å². The first kappa shape index (κ1) is 16.1. The second kappa shape index (κ2) is 7.11. The third-order valence-corrected chi connectivity index (χ3v) is 4.53. The van der Waals surface area contributed by atoms with Gasteiger partial charge in [-0.2, -0.15) is 0 Å². The molecule has 1 aromatic carbocycles. The van der Waals surface area contributed by atoms with Crippen molar-refractivity contribution in [3.8, 4) is 11.4 Å². The lowest BCUT2D eigenvalue weighted by atomic mass is 10.2. The van der Waals surface area contributed by atoms with Crippen molar-refractivity contribution in [1.29, 1.82) is 0 Å². The quantitative estimate of drug-likeness (QED) is 0.261. The smallest absolute Gasteiger partial charge is 0.288 e. The predicted molar refractivity (Wildman–Crippen MR) is 84.2 cm³/mol. The average molecular weight is 347 g/mol. The number of alkyl halides is 1. The Labute approximate surface area is 135 Å². The summed E-state index contributed by atoms with van der Waals surface area (Å²) < 4.78 is 1.77. The normalized spacial score (nSPS) is 10.8.